The molecule has 2 heteroatoms. The summed E-state index contributed by atoms with van der Waals surface area (Å²) in [6, 6.07) is 0. The van der Waals surface area contributed by atoms with Crippen LogP contribution in [0.3, 0.4) is 0 Å². The second-order valence-corrected chi connectivity index (χ2v) is 8.25. The van der Waals surface area contributed by atoms with Crippen molar-refractivity contribution in [2.45, 2.75) is 142 Å². The summed E-state index contributed by atoms with van der Waals surface area (Å²) in [5.41, 5.74) is 0. The molecular weight excluding hydrogens is 320 g/mol. The summed E-state index contributed by atoms with van der Waals surface area (Å²) in [5, 5.41) is 11.3. The first kappa shape index (κ1) is 25.5. The number of carboxylic acids is 1. The molecule has 0 aliphatic rings. The van der Waals surface area contributed by atoms with Crippen molar-refractivity contribution in [1.29, 1.82) is 0 Å². The summed E-state index contributed by atoms with van der Waals surface area (Å²) in [5.74, 6) is -1.02. The summed E-state index contributed by atoms with van der Waals surface area (Å²) in [6.07, 6.45) is 24.9. The van der Waals surface area contributed by atoms with Crippen LogP contribution in [0.15, 0.2) is 0 Å². The molecule has 0 spiro atoms. The monoisotopic (exact) mass is 367 g/mol. The lowest BCUT2D eigenvalue weighted by molar-refractivity contribution is -0.312. The molecule has 0 bridgehead atoms. The lowest BCUT2D eigenvalue weighted by Crippen LogP contribution is -2.31. The van der Waals surface area contributed by atoms with Crippen LogP contribution in [0.4, 0.5) is 0 Å². The lowest BCUT2D eigenvalue weighted by atomic mass is 9.94. The molecule has 0 aromatic carbocycles. The molecule has 26 heavy (non-hydrogen) atoms. The topological polar surface area (TPSA) is 40.1 Å². The van der Waals surface area contributed by atoms with E-state index in [1.54, 1.807) is 0 Å². The maximum atomic E-state index is 11.3. The van der Waals surface area contributed by atoms with Gasteiger partial charge in [0.25, 0.3) is 0 Å². The van der Waals surface area contributed by atoms with E-state index in [4.69, 9.17) is 0 Å². The molecule has 0 N–H and O–H groups in total. The molecule has 0 radical (unpaired) electrons. The molecule has 1 unspecified atom stereocenters. The zero-order chi connectivity index (χ0) is 19.3. The Labute approximate surface area is 164 Å². The van der Waals surface area contributed by atoms with Crippen molar-refractivity contribution in [1.82, 2.24) is 0 Å². The van der Waals surface area contributed by atoms with Crippen molar-refractivity contribution in [3.8, 4) is 0 Å². The van der Waals surface area contributed by atoms with E-state index in [2.05, 4.69) is 13.8 Å². The molecule has 0 aliphatic heterocycles. The van der Waals surface area contributed by atoms with Crippen LogP contribution >= 0.6 is 0 Å². The minimum Gasteiger partial charge on any atom is -0.550 e. The summed E-state index contributed by atoms with van der Waals surface area (Å²) in [6.45, 7) is 4.50. The van der Waals surface area contributed by atoms with Crippen LogP contribution in [-0.4, -0.2) is 5.97 Å². The Kier molecular flexibility index (Phi) is 20.4. The van der Waals surface area contributed by atoms with Gasteiger partial charge in [0, 0.05) is 5.97 Å². The van der Waals surface area contributed by atoms with Gasteiger partial charge in [0.05, 0.1) is 0 Å². The average molecular weight is 368 g/mol. The number of hydrogen-bond donors (Lipinski definition) is 0. The van der Waals surface area contributed by atoms with Crippen molar-refractivity contribution in [3.05, 3.63) is 0 Å². The largest absolute Gasteiger partial charge is 0.550 e. The third-order valence-electron chi connectivity index (χ3n) is 5.65. The maximum Gasteiger partial charge on any atom is 0.0445 e. The van der Waals surface area contributed by atoms with Gasteiger partial charge in [0.15, 0.2) is 0 Å². The third kappa shape index (κ3) is 18.3. The third-order valence-corrected chi connectivity index (χ3v) is 5.65. The van der Waals surface area contributed by atoms with E-state index in [0.29, 0.717) is 0 Å². The van der Waals surface area contributed by atoms with Gasteiger partial charge in [-0.1, -0.05) is 129 Å². The molecule has 1 atom stereocenters. The van der Waals surface area contributed by atoms with Gasteiger partial charge >= 0.3 is 0 Å². The standard InChI is InChI=1S/C24H48O2/c1-3-5-7-9-11-13-14-16-18-20-22-23(24(25)26)21-19-17-15-12-10-8-6-4-2/h23H,3-22H2,1-2H3,(H,25,26)/p-1. The number of rotatable bonds is 21. The molecule has 0 saturated heterocycles. The van der Waals surface area contributed by atoms with Crippen molar-refractivity contribution in [2.75, 3.05) is 0 Å². The Balaban J connectivity index is 3.46. The van der Waals surface area contributed by atoms with E-state index in [0.717, 1.165) is 25.7 Å². The molecule has 0 aromatic rings. The predicted octanol–water partition coefficient (Wildman–Crippen LogP) is 7.19. The van der Waals surface area contributed by atoms with Gasteiger partial charge in [-0.2, -0.15) is 0 Å². The van der Waals surface area contributed by atoms with Gasteiger partial charge in [-0.25, -0.2) is 0 Å². The van der Waals surface area contributed by atoms with E-state index in [-0.39, 0.29) is 5.92 Å². The molecule has 156 valence electrons. The highest BCUT2D eigenvalue weighted by Crippen LogP contribution is 2.19. The summed E-state index contributed by atoms with van der Waals surface area (Å²) < 4.78 is 0. The molecule has 0 amide bonds. The maximum absolute atomic E-state index is 11.3. The Morgan fingerprint density at radius 1 is 0.538 bits per heavy atom. The first-order chi connectivity index (χ1) is 12.7. The highest BCUT2D eigenvalue weighted by Gasteiger charge is 2.09. The molecule has 0 heterocycles. The van der Waals surface area contributed by atoms with E-state index in [1.807, 2.05) is 0 Å². The number of carbonyl (C=O) groups excluding carboxylic acids is 1. The zero-order valence-electron chi connectivity index (χ0n) is 18.0. The minimum atomic E-state index is -0.816. The van der Waals surface area contributed by atoms with Gasteiger partial charge in [-0.05, 0) is 18.8 Å². The van der Waals surface area contributed by atoms with Crippen LogP contribution in [0.1, 0.15) is 142 Å². The molecule has 2 nitrogen and oxygen atoms in total. The Morgan fingerprint density at radius 3 is 1.08 bits per heavy atom. The fraction of sp³-hybridized carbons (Fsp3) is 0.958. The smallest absolute Gasteiger partial charge is 0.0445 e. The van der Waals surface area contributed by atoms with Gasteiger partial charge in [-0.15, -0.1) is 0 Å². The Morgan fingerprint density at radius 2 is 0.808 bits per heavy atom. The fourth-order valence-electron chi connectivity index (χ4n) is 3.78. The van der Waals surface area contributed by atoms with Crippen molar-refractivity contribution in [2.24, 2.45) is 5.92 Å². The Bertz CT molecular complexity index is 288. The van der Waals surface area contributed by atoms with Gasteiger partial charge in [-0.3, -0.25) is 0 Å². The van der Waals surface area contributed by atoms with E-state index in [1.165, 1.54) is 103 Å². The summed E-state index contributed by atoms with van der Waals surface area (Å²) >= 11 is 0. The fourth-order valence-corrected chi connectivity index (χ4v) is 3.78. The molecular formula is C24H47O2-. The highest BCUT2D eigenvalue weighted by atomic mass is 16.4. The zero-order valence-corrected chi connectivity index (χ0v) is 18.0. The minimum absolute atomic E-state index is 0.205. The second-order valence-electron chi connectivity index (χ2n) is 8.25. The number of carboxylic acid groups (broad SMARTS) is 1. The van der Waals surface area contributed by atoms with E-state index >= 15 is 0 Å². The van der Waals surface area contributed by atoms with Crippen LogP contribution < -0.4 is 5.11 Å². The molecule has 0 aliphatic carbocycles. The van der Waals surface area contributed by atoms with Crippen LogP contribution in [0, 0.1) is 5.92 Å². The number of hydrogen-bond acceptors (Lipinski definition) is 2. The van der Waals surface area contributed by atoms with E-state index < -0.39 is 5.97 Å². The molecule has 0 saturated carbocycles. The van der Waals surface area contributed by atoms with E-state index in [9.17, 15) is 9.90 Å². The highest BCUT2D eigenvalue weighted by molar-refractivity contribution is 5.67. The van der Waals surface area contributed by atoms with Crippen molar-refractivity contribution < 1.29 is 9.90 Å². The van der Waals surface area contributed by atoms with Crippen LogP contribution in [0.25, 0.3) is 0 Å². The SMILES string of the molecule is CCCCCCCCCCCCC(CCCCCCCCCC)C(=O)[O-]. The van der Waals surface area contributed by atoms with Gasteiger partial charge in [0.2, 0.25) is 0 Å². The van der Waals surface area contributed by atoms with Crippen molar-refractivity contribution in [3.63, 3.8) is 0 Å². The molecule has 0 fully saturated rings. The first-order valence-electron chi connectivity index (χ1n) is 11.9. The molecule has 0 aromatic heterocycles. The molecule has 0 rings (SSSR count). The normalized spacial score (nSPS) is 12.4. The van der Waals surface area contributed by atoms with Crippen LogP contribution in [0.2, 0.25) is 0 Å². The van der Waals surface area contributed by atoms with Crippen molar-refractivity contribution >= 4 is 5.97 Å². The summed E-state index contributed by atoms with van der Waals surface area (Å²) in [7, 11) is 0. The Hall–Kier alpha value is -0.530. The van der Waals surface area contributed by atoms with Gasteiger partial charge < -0.3 is 9.90 Å². The second kappa shape index (κ2) is 20.8. The lowest BCUT2D eigenvalue weighted by Gasteiger charge is -2.17. The van der Waals surface area contributed by atoms with Crippen LogP contribution in [-0.2, 0) is 4.79 Å². The number of unbranched alkanes of at least 4 members (excludes halogenated alkanes) is 16. The van der Waals surface area contributed by atoms with Gasteiger partial charge in [0.1, 0.15) is 0 Å². The summed E-state index contributed by atoms with van der Waals surface area (Å²) in [4.78, 5) is 11.3. The average Bonchev–Trinajstić information content (AvgIpc) is 2.63. The first-order valence-corrected chi connectivity index (χ1v) is 11.9. The number of carbonyl (C=O) groups is 1. The van der Waals surface area contributed by atoms with Crippen LogP contribution in [0.5, 0.6) is 0 Å². The predicted molar refractivity (Wildman–Crippen MR) is 112 cm³/mol. The quantitative estimate of drug-likeness (QED) is 0.201. The number of aliphatic carboxylic acids is 1.